The fourth-order valence-corrected chi connectivity index (χ4v) is 3.27. The number of aliphatic imine (C=N–C) groups is 1. The van der Waals surface area contributed by atoms with Crippen LogP contribution in [0.3, 0.4) is 0 Å². The van der Waals surface area contributed by atoms with Crippen LogP contribution < -0.4 is 10.6 Å². The van der Waals surface area contributed by atoms with E-state index in [1.807, 2.05) is 7.05 Å². The normalized spacial score (nSPS) is 25.3. The van der Waals surface area contributed by atoms with Crippen LogP contribution in [-0.2, 0) is 0 Å². The number of nitrogens with zero attached hydrogens (tertiary/aromatic N) is 2. The van der Waals surface area contributed by atoms with E-state index in [9.17, 15) is 0 Å². The molecule has 4 heteroatoms. The van der Waals surface area contributed by atoms with E-state index in [1.165, 1.54) is 25.9 Å². The van der Waals surface area contributed by atoms with Crippen molar-refractivity contribution in [3.05, 3.63) is 12.2 Å². The van der Waals surface area contributed by atoms with E-state index in [0.717, 1.165) is 31.3 Å². The molecule has 0 bridgehead atoms. The lowest BCUT2D eigenvalue weighted by atomic mass is 9.93. The molecular formula is C17H32N4. The van der Waals surface area contributed by atoms with Crippen molar-refractivity contribution in [2.75, 3.05) is 26.7 Å². The second kappa shape index (κ2) is 7.30. The van der Waals surface area contributed by atoms with Crippen LogP contribution in [0.1, 0.15) is 46.5 Å². The number of guanidine groups is 1. The van der Waals surface area contributed by atoms with E-state index in [-0.39, 0.29) is 5.54 Å². The molecule has 1 unspecified atom stereocenters. The van der Waals surface area contributed by atoms with Crippen molar-refractivity contribution in [3.63, 3.8) is 0 Å². The van der Waals surface area contributed by atoms with Gasteiger partial charge in [-0.05, 0) is 52.0 Å². The summed E-state index contributed by atoms with van der Waals surface area (Å²) in [6.45, 7) is 10.4. The molecular weight excluding hydrogens is 260 g/mol. The summed E-state index contributed by atoms with van der Waals surface area (Å²) in [6, 6.07) is 0.509. The SMILES string of the molecule is CN=C(NCC(C)(C)N1CCCC(C)C1)NC1CC=CC1. The minimum Gasteiger partial charge on any atom is -0.355 e. The van der Waals surface area contributed by atoms with Gasteiger partial charge < -0.3 is 10.6 Å². The quantitative estimate of drug-likeness (QED) is 0.475. The van der Waals surface area contributed by atoms with Gasteiger partial charge in [-0.2, -0.15) is 0 Å². The lowest BCUT2D eigenvalue weighted by Gasteiger charge is -2.43. The smallest absolute Gasteiger partial charge is 0.191 e. The molecule has 1 heterocycles. The van der Waals surface area contributed by atoms with Gasteiger partial charge in [0.05, 0.1) is 0 Å². The fraction of sp³-hybridized carbons (Fsp3) is 0.824. The maximum atomic E-state index is 4.36. The third-order valence-electron chi connectivity index (χ3n) is 4.77. The van der Waals surface area contributed by atoms with Crippen molar-refractivity contribution < 1.29 is 0 Å². The first-order valence-electron chi connectivity index (χ1n) is 8.38. The zero-order chi connectivity index (χ0) is 15.3. The molecule has 2 N–H and O–H groups in total. The fourth-order valence-electron chi connectivity index (χ4n) is 3.27. The molecule has 1 saturated heterocycles. The molecule has 0 aromatic carbocycles. The molecule has 0 aromatic rings. The molecule has 1 atom stereocenters. The molecule has 1 fully saturated rings. The van der Waals surface area contributed by atoms with Crippen LogP contribution in [0.25, 0.3) is 0 Å². The number of hydrogen-bond acceptors (Lipinski definition) is 2. The summed E-state index contributed by atoms with van der Waals surface area (Å²) < 4.78 is 0. The van der Waals surface area contributed by atoms with E-state index >= 15 is 0 Å². The number of likely N-dealkylation sites (tertiary alicyclic amines) is 1. The Kier molecular flexibility index (Phi) is 5.68. The number of piperidine rings is 1. The molecule has 120 valence electrons. The van der Waals surface area contributed by atoms with E-state index in [0.29, 0.717) is 6.04 Å². The molecule has 1 aliphatic carbocycles. The Labute approximate surface area is 130 Å². The van der Waals surface area contributed by atoms with Crippen molar-refractivity contribution in [2.45, 2.75) is 58.0 Å². The summed E-state index contributed by atoms with van der Waals surface area (Å²) in [4.78, 5) is 6.99. The first kappa shape index (κ1) is 16.3. The Morgan fingerprint density at radius 2 is 2.05 bits per heavy atom. The summed E-state index contributed by atoms with van der Waals surface area (Å²) in [7, 11) is 1.85. The van der Waals surface area contributed by atoms with Gasteiger partial charge in [-0.1, -0.05) is 19.1 Å². The monoisotopic (exact) mass is 292 g/mol. The van der Waals surface area contributed by atoms with Crippen molar-refractivity contribution in [2.24, 2.45) is 10.9 Å². The Balaban J connectivity index is 1.81. The maximum Gasteiger partial charge on any atom is 0.191 e. The van der Waals surface area contributed by atoms with Gasteiger partial charge in [-0.15, -0.1) is 0 Å². The van der Waals surface area contributed by atoms with Crippen molar-refractivity contribution >= 4 is 5.96 Å². The van der Waals surface area contributed by atoms with Gasteiger partial charge in [0.25, 0.3) is 0 Å². The zero-order valence-corrected chi connectivity index (χ0v) is 14.2. The summed E-state index contributed by atoms with van der Waals surface area (Å²) in [5.74, 6) is 1.75. The lowest BCUT2D eigenvalue weighted by Crippen LogP contribution is -2.56. The zero-order valence-electron chi connectivity index (χ0n) is 14.2. The molecule has 21 heavy (non-hydrogen) atoms. The number of hydrogen-bond donors (Lipinski definition) is 2. The van der Waals surface area contributed by atoms with E-state index in [1.54, 1.807) is 0 Å². The van der Waals surface area contributed by atoms with Crippen LogP contribution in [0, 0.1) is 5.92 Å². The highest BCUT2D eigenvalue weighted by Crippen LogP contribution is 2.23. The Hall–Kier alpha value is -1.03. The van der Waals surface area contributed by atoms with Crippen LogP contribution in [0.15, 0.2) is 17.1 Å². The second-order valence-electron chi connectivity index (χ2n) is 7.22. The van der Waals surface area contributed by atoms with Gasteiger partial charge in [-0.3, -0.25) is 9.89 Å². The minimum atomic E-state index is 0.167. The number of nitrogens with one attached hydrogen (secondary N) is 2. The van der Waals surface area contributed by atoms with Crippen molar-refractivity contribution in [1.29, 1.82) is 0 Å². The predicted octanol–water partition coefficient (Wildman–Crippen LogP) is 2.38. The summed E-state index contributed by atoms with van der Waals surface area (Å²) >= 11 is 0. The van der Waals surface area contributed by atoms with E-state index in [4.69, 9.17) is 0 Å². The van der Waals surface area contributed by atoms with Crippen LogP contribution in [0.5, 0.6) is 0 Å². The molecule has 2 aliphatic rings. The Morgan fingerprint density at radius 1 is 1.33 bits per heavy atom. The third kappa shape index (κ3) is 4.73. The first-order chi connectivity index (χ1) is 10.0. The van der Waals surface area contributed by atoms with Gasteiger partial charge in [0, 0.05) is 31.7 Å². The van der Waals surface area contributed by atoms with E-state index < -0.39 is 0 Å². The topological polar surface area (TPSA) is 39.7 Å². The average molecular weight is 292 g/mol. The van der Waals surface area contributed by atoms with Gasteiger partial charge in [0.1, 0.15) is 0 Å². The minimum absolute atomic E-state index is 0.167. The van der Waals surface area contributed by atoms with Crippen LogP contribution in [-0.4, -0.2) is 49.1 Å². The molecule has 0 radical (unpaired) electrons. The Morgan fingerprint density at radius 3 is 2.67 bits per heavy atom. The number of rotatable bonds is 4. The van der Waals surface area contributed by atoms with Crippen LogP contribution in [0.4, 0.5) is 0 Å². The van der Waals surface area contributed by atoms with Gasteiger partial charge >= 0.3 is 0 Å². The van der Waals surface area contributed by atoms with Crippen molar-refractivity contribution in [3.8, 4) is 0 Å². The van der Waals surface area contributed by atoms with Gasteiger partial charge in [-0.25, -0.2) is 0 Å². The lowest BCUT2D eigenvalue weighted by molar-refractivity contribution is 0.0739. The summed E-state index contributed by atoms with van der Waals surface area (Å²) in [5, 5.41) is 7.03. The van der Waals surface area contributed by atoms with E-state index in [2.05, 4.69) is 53.4 Å². The van der Waals surface area contributed by atoms with Crippen molar-refractivity contribution in [1.82, 2.24) is 15.5 Å². The molecule has 0 saturated carbocycles. The maximum absolute atomic E-state index is 4.36. The van der Waals surface area contributed by atoms with Gasteiger partial charge in [0.2, 0.25) is 0 Å². The largest absolute Gasteiger partial charge is 0.355 e. The highest BCUT2D eigenvalue weighted by Gasteiger charge is 2.30. The second-order valence-corrected chi connectivity index (χ2v) is 7.22. The molecule has 0 spiro atoms. The van der Waals surface area contributed by atoms with Crippen LogP contribution in [0.2, 0.25) is 0 Å². The predicted molar refractivity (Wildman–Crippen MR) is 90.7 cm³/mol. The molecule has 0 amide bonds. The molecule has 2 rings (SSSR count). The first-order valence-corrected chi connectivity index (χ1v) is 8.38. The molecule has 1 aliphatic heterocycles. The van der Waals surface area contributed by atoms with Crippen LogP contribution >= 0.6 is 0 Å². The standard InChI is InChI=1S/C17H32N4/c1-14-8-7-11-21(12-14)17(2,3)13-19-16(18-4)20-15-9-5-6-10-15/h5-6,14-15H,7-13H2,1-4H3,(H2,18,19,20). The highest BCUT2D eigenvalue weighted by atomic mass is 15.2. The third-order valence-corrected chi connectivity index (χ3v) is 4.77. The van der Waals surface area contributed by atoms with Gasteiger partial charge in [0.15, 0.2) is 5.96 Å². The summed E-state index contributed by atoms with van der Waals surface area (Å²) in [5.41, 5.74) is 0.167. The summed E-state index contributed by atoms with van der Waals surface area (Å²) in [6.07, 6.45) is 9.39. The Bertz CT molecular complexity index is 378. The average Bonchev–Trinajstić information content (AvgIpc) is 2.96. The molecule has 0 aromatic heterocycles. The molecule has 4 nitrogen and oxygen atoms in total. The highest BCUT2D eigenvalue weighted by molar-refractivity contribution is 5.80.